The maximum Gasteiger partial charge on any atom is 0.319 e. The van der Waals surface area contributed by atoms with E-state index in [1.807, 2.05) is 0 Å². The molecule has 2 atom stereocenters. The van der Waals surface area contributed by atoms with Gasteiger partial charge < -0.3 is 29.4 Å². The molecule has 27 heavy (non-hydrogen) atoms. The molecule has 0 aromatic rings. The van der Waals surface area contributed by atoms with Crippen molar-refractivity contribution in [3.8, 4) is 0 Å². The minimum absolute atomic E-state index is 0. The molecule has 11 heteroatoms. The molecule has 0 saturated carbocycles. The molecule has 0 heterocycles. The molecule has 0 spiro atoms. The Hall–Kier alpha value is 1.68. The van der Waals surface area contributed by atoms with Gasteiger partial charge in [-0.1, -0.05) is 92.9 Å². The first-order chi connectivity index (χ1) is 11.6. The van der Waals surface area contributed by atoms with Crippen molar-refractivity contribution in [2.24, 2.45) is 11.8 Å². The molecule has 0 aromatic carbocycles. The van der Waals surface area contributed by atoms with Crippen LogP contribution in [0.2, 0.25) is 0 Å². The number of hydrogen-bond acceptors (Lipinski definition) is 2. The first-order valence-corrected chi connectivity index (χ1v) is 14.5. The second-order valence-electron chi connectivity index (χ2n) is 6.34. The fourth-order valence-electron chi connectivity index (χ4n) is 1.51. The van der Waals surface area contributed by atoms with Crippen LogP contribution in [0.25, 0.3) is 0 Å². The van der Waals surface area contributed by atoms with E-state index in [4.69, 9.17) is 29.4 Å². The minimum Gasteiger partial charge on any atom is -0.325 e. The van der Waals surface area contributed by atoms with Crippen LogP contribution in [-0.4, -0.2) is 29.4 Å². The van der Waals surface area contributed by atoms with Crippen LogP contribution < -0.4 is 0 Å². The van der Waals surface area contributed by atoms with Crippen LogP contribution >= 0.6 is 13.4 Å². The van der Waals surface area contributed by atoms with Gasteiger partial charge in [-0.25, -0.2) is 0 Å². The average molecular weight is 522 g/mol. The van der Waals surface area contributed by atoms with Gasteiger partial charge in [-0.05, 0) is 35.4 Å². The van der Waals surface area contributed by atoms with E-state index in [2.05, 4.69) is 65.2 Å². The summed E-state index contributed by atoms with van der Waals surface area (Å²) in [6.07, 6.45) is 11.1. The molecule has 0 bridgehead atoms. The standard InChI is InChI=1S/2C8H18.2H3O3PS.Zn/c2*1-4-6-7-8(3)5-2;2*1-4(2,3)5;/h2*8H,4-7H2,1-3H3;2*(H3,1,2,3,5);. The molecule has 0 aromatic heterocycles. The summed E-state index contributed by atoms with van der Waals surface area (Å²) in [5.41, 5.74) is 0. The van der Waals surface area contributed by atoms with Gasteiger partial charge in [0.2, 0.25) is 0 Å². The van der Waals surface area contributed by atoms with Gasteiger partial charge in [-0.15, -0.1) is 0 Å². The molecule has 6 N–H and O–H groups in total. The van der Waals surface area contributed by atoms with E-state index < -0.39 is 13.4 Å². The van der Waals surface area contributed by atoms with Crippen LogP contribution in [0.4, 0.5) is 0 Å². The van der Waals surface area contributed by atoms with Gasteiger partial charge in [0.05, 0.1) is 0 Å². The predicted octanol–water partition coefficient (Wildman–Crippen LogP) is 4.82. The molecule has 0 aliphatic heterocycles. The Morgan fingerprint density at radius 3 is 0.926 bits per heavy atom. The number of unbranched alkanes of at least 4 members (excludes halogenated alkanes) is 2. The third-order valence-electron chi connectivity index (χ3n) is 3.49. The van der Waals surface area contributed by atoms with Crippen LogP contribution in [0, 0.1) is 11.8 Å². The minimum atomic E-state index is -3.81. The fourth-order valence-corrected chi connectivity index (χ4v) is 1.51. The first-order valence-electron chi connectivity index (χ1n) is 9.18. The summed E-state index contributed by atoms with van der Waals surface area (Å²) in [4.78, 5) is 45.3. The van der Waals surface area contributed by atoms with Gasteiger partial charge in [0.1, 0.15) is 0 Å². The summed E-state index contributed by atoms with van der Waals surface area (Å²) >= 11 is 7.21. The zero-order valence-electron chi connectivity index (χ0n) is 17.9. The molecule has 6 nitrogen and oxygen atoms in total. The Balaban J connectivity index is -0.0000000807. The van der Waals surface area contributed by atoms with Crippen LogP contribution in [0.5, 0.6) is 0 Å². The molecular formula is C16H42O6P2S2Zn. The second kappa shape index (κ2) is 25.7. The van der Waals surface area contributed by atoms with Crippen molar-refractivity contribution in [1.82, 2.24) is 0 Å². The van der Waals surface area contributed by atoms with E-state index in [-0.39, 0.29) is 19.5 Å². The predicted molar refractivity (Wildman–Crippen MR) is 120 cm³/mol. The molecule has 166 valence electrons. The van der Waals surface area contributed by atoms with Crippen LogP contribution in [0.3, 0.4) is 0 Å². The van der Waals surface area contributed by atoms with Crippen molar-refractivity contribution < 1.29 is 48.8 Å². The van der Waals surface area contributed by atoms with E-state index in [0.717, 1.165) is 11.8 Å². The van der Waals surface area contributed by atoms with E-state index in [9.17, 15) is 0 Å². The fraction of sp³-hybridized carbons (Fsp3) is 1.00. The average Bonchev–Trinajstić information content (AvgIpc) is 2.47. The summed E-state index contributed by atoms with van der Waals surface area (Å²) in [5, 5.41) is 0. The summed E-state index contributed by atoms with van der Waals surface area (Å²) in [7, 11) is 0. The Kier molecular flexibility index (Phi) is 37.3. The monoisotopic (exact) mass is 520 g/mol. The van der Waals surface area contributed by atoms with E-state index >= 15 is 0 Å². The van der Waals surface area contributed by atoms with Crippen LogP contribution in [0.1, 0.15) is 92.9 Å². The maximum absolute atomic E-state index is 7.56. The molecule has 2 unspecified atom stereocenters. The van der Waals surface area contributed by atoms with Crippen molar-refractivity contribution in [2.75, 3.05) is 0 Å². The molecule has 0 fully saturated rings. The van der Waals surface area contributed by atoms with Crippen LogP contribution in [0.15, 0.2) is 0 Å². The normalized spacial score (nSPS) is 12.6. The van der Waals surface area contributed by atoms with Gasteiger partial charge >= 0.3 is 13.4 Å². The Bertz CT molecular complexity index is 316. The van der Waals surface area contributed by atoms with Crippen molar-refractivity contribution in [1.29, 1.82) is 0 Å². The van der Waals surface area contributed by atoms with E-state index in [1.54, 1.807) is 0 Å². The van der Waals surface area contributed by atoms with Gasteiger partial charge in [0, 0.05) is 19.5 Å². The van der Waals surface area contributed by atoms with Crippen molar-refractivity contribution in [2.45, 2.75) is 92.9 Å². The molecule has 0 rings (SSSR count). The maximum atomic E-state index is 7.56. The zero-order valence-corrected chi connectivity index (χ0v) is 24.3. The number of hydrogen-bond donors (Lipinski definition) is 6. The Labute approximate surface area is 190 Å². The quantitative estimate of drug-likeness (QED) is 0.199. The van der Waals surface area contributed by atoms with E-state index in [0.29, 0.717) is 0 Å². The first kappa shape index (κ1) is 39.2. The van der Waals surface area contributed by atoms with Crippen molar-refractivity contribution >= 4 is 37.1 Å². The second-order valence-corrected chi connectivity index (χ2v) is 11.3. The molecular weight excluding hydrogens is 480 g/mol. The third kappa shape index (κ3) is 97.5. The molecule has 0 saturated heterocycles. The Morgan fingerprint density at radius 1 is 0.630 bits per heavy atom. The third-order valence-corrected chi connectivity index (χ3v) is 3.49. The molecule has 0 aliphatic rings. The summed E-state index contributed by atoms with van der Waals surface area (Å²) in [6.45, 7) is 6.08. The van der Waals surface area contributed by atoms with Gasteiger partial charge in [-0.3, -0.25) is 0 Å². The molecule has 0 aliphatic carbocycles. The summed E-state index contributed by atoms with van der Waals surface area (Å²) < 4.78 is 0. The Morgan fingerprint density at radius 2 is 0.815 bits per heavy atom. The van der Waals surface area contributed by atoms with Gasteiger partial charge in [0.25, 0.3) is 0 Å². The molecule has 0 radical (unpaired) electrons. The van der Waals surface area contributed by atoms with Gasteiger partial charge in [0.15, 0.2) is 0 Å². The van der Waals surface area contributed by atoms with Crippen LogP contribution in [-0.2, 0) is 43.1 Å². The largest absolute Gasteiger partial charge is 0.325 e. The number of rotatable bonds is 8. The zero-order chi connectivity index (χ0) is 21.8. The van der Waals surface area contributed by atoms with Crippen molar-refractivity contribution in [3.63, 3.8) is 0 Å². The smallest absolute Gasteiger partial charge is 0.319 e. The van der Waals surface area contributed by atoms with Crippen molar-refractivity contribution in [3.05, 3.63) is 0 Å². The van der Waals surface area contributed by atoms with E-state index in [1.165, 1.54) is 51.4 Å². The summed E-state index contributed by atoms with van der Waals surface area (Å²) in [6, 6.07) is 0. The molecule has 0 amide bonds. The SMILES string of the molecule is CCCCC(C)CC.CCCCC(C)CC.OP(O)(O)=S.OP(O)(O)=S.[Zn]. The van der Waals surface area contributed by atoms with Gasteiger partial charge in [-0.2, -0.15) is 0 Å². The summed E-state index contributed by atoms with van der Waals surface area (Å²) in [5.74, 6) is 1.91. The topological polar surface area (TPSA) is 121 Å².